The molecule has 20 heavy (non-hydrogen) atoms. The van der Waals surface area contributed by atoms with Crippen molar-refractivity contribution in [3.05, 3.63) is 41.2 Å². The summed E-state index contributed by atoms with van der Waals surface area (Å²) < 4.78 is 0.506. The number of thioether (sulfide) groups is 2. The molecule has 3 rings (SSSR count). The van der Waals surface area contributed by atoms with Gasteiger partial charge in [-0.2, -0.15) is 5.21 Å². The SMILES string of the molecule is O=C(NCc1nn[nH]n1)c1ccc(C2SCCS2)cc1. The van der Waals surface area contributed by atoms with Gasteiger partial charge in [-0.25, -0.2) is 0 Å². The van der Waals surface area contributed by atoms with Gasteiger partial charge in [-0.3, -0.25) is 4.79 Å². The smallest absolute Gasteiger partial charge is 0.251 e. The summed E-state index contributed by atoms with van der Waals surface area (Å²) in [6, 6.07) is 7.78. The predicted molar refractivity (Wildman–Crippen MR) is 79.4 cm³/mol. The van der Waals surface area contributed by atoms with Crippen LogP contribution >= 0.6 is 23.5 Å². The summed E-state index contributed by atoms with van der Waals surface area (Å²) in [5, 5.41) is 16.1. The molecule has 0 spiro atoms. The molecular formula is C12H13N5OS2. The summed E-state index contributed by atoms with van der Waals surface area (Å²) in [5.41, 5.74) is 1.91. The Bertz CT molecular complexity index is 566. The van der Waals surface area contributed by atoms with Gasteiger partial charge in [0.2, 0.25) is 0 Å². The first-order chi connectivity index (χ1) is 9.83. The van der Waals surface area contributed by atoms with Gasteiger partial charge < -0.3 is 5.32 Å². The first kappa shape index (κ1) is 13.4. The normalized spacial score (nSPS) is 15.4. The van der Waals surface area contributed by atoms with Crippen LogP contribution in [0.4, 0.5) is 0 Å². The van der Waals surface area contributed by atoms with E-state index >= 15 is 0 Å². The van der Waals surface area contributed by atoms with Gasteiger partial charge in [0.05, 0.1) is 11.1 Å². The van der Waals surface area contributed by atoms with Crippen LogP contribution < -0.4 is 5.32 Å². The van der Waals surface area contributed by atoms with Gasteiger partial charge in [0.1, 0.15) is 0 Å². The lowest BCUT2D eigenvalue weighted by atomic mass is 10.1. The lowest BCUT2D eigenvalue weighted by Crippen LogP contribution is -2.23. The summed E-state index contributed by atoms with van der Waals surface area (Å²) in [7, 11) is 0. The maximum Gasteiger partial charge on any atom is 0.251 e. The minimum atomic E-state index is -0.131. The van der Waals surface area contributed by atoms with E-state index < -0.39 is 0 Å². The molecular weight excluding hydrogens is 294 g/mol. The molecule has 6 nitrogen and oxygen atoms in total. The average Bonchev–Trinajstić information content (AvgIpc) is 3.18. The Morgan fingerprint density at radius 3 is 2.70 bits per heavy atom. The van der Waals surface area contributed by atoms with Crippen molar-refractivity contribution < 1.29 is 4.79 Å². The van der Waals surface area contributed by atoms with Gasteiger partial charge >= 0.3 is 0 Å². The van der Waals surface area contributed by atoms with Crippen LogP contribution in [0.1, 0.15) is 26.3 Å². The van der Waals surface area contributed by atoms with Crippen molar-refractivity contribution in [1.82, 2.24) is 25.9 Å². The summed E-state index contributed by atoms with van der Waals surface area (Å²) in [6.07, 6.45) is 0. The van der Waals surface area contributed by atoms with E-state index in [9.17, 15) is 4.79 Å². The van der Waals surface area contributed by atoms with E-state index in [2.05, 4.69) is 25.9 Å². The number of benzene rings is 1. The van der Waals surface area contributed by atoms with Crippen molar-refractivity contribution in [2.75, 3.05) is 11.5 Å². The van der Waals surface area contributed by atoms with E-state index in [1.54, 1.807) is 0 Å². The number of nitrogens with zero attached hydrogens (tertiary/aromatic N) is 3. The first-order valence-electron chi connectivity index (χ1n) is 6.16. The predicted octanol–water partition coefficient (Wildman–Crippen LogP) is 1.61. The van der Waals surface area contributed by atoms with E-state index in [0.29, 0.717) is 16.0 Å². The second-order valence-electron chi connectivity index (χ2n) is 4.21. The Labute approximate surface area is 124 Å². The molecule has 0 radical (unpaired) electrons. The maximum absolute atomic E-state index is 12.0. The zero-order chi connectivity index (χ0) is 13.8. The van der Waals surface area contributed by atoms with Crippen LogP contribution in [0.15, 0.2) is 24.3 Å². The second-order valence-corrected chi connectivity index (χ2v) is 6.93. The summed E-state index contributed by atoms with van der Waals surface area (Å²) in [6.45, 7) is 0.269. The highest BCUT2D eigenvalue weighted by Gasteiger charge is 2.18. The Hall–Kier alpha value is -1.54. The number of rotatable bonds is 4. The molecule has 2 heterocycles. The molecule has 2 N–H and O–H groups in total. The van der Waals surface area contributed by atoms with Gasteiger partial charge in [-0.05, 0) is 17.7 Å². The zero-order valence-electron chi connectivity index (χ0n) is 10.6. The van der Waals surface area contributed by atoms with Crippen molar-refractivity contribution >= 4 is 29.4 Å². The molecule has 0 aliphatic carbocycles. The highest BCUT2D eigenvalue weighted by atomic mass is 32.2. The van der Waals surface area contributed by atoms with E-state index in [0.717, 1.165) is 0 Å². The fourth-order valence-corrected chi connectivity index (χ4v) is 4.72. The molecule has 0 saturated carbocycles. The van der Waals surface area contributed by atoms with Gasteiger partial charge in [-0.15, -0.1) is 33.7 Å². The number of hydrogen-bond acceptors (Lipinski definition) is 6. The molecule has 104 valence electrons. The number of aromatic amines is 1. The number of amides is 1. The highest BCUT2D eigenvalue weighted by Crippen LogP contribution is 2.45. The summed E-state index contributed by atoms with van der Waals surface area (Å²) >= 11 is 3.91. The van der Waals surface area contributed by atoms with Crippen molar-refractivity contribution in [2.24, 2.45) is 0 Å². The molecule has 0 unspecified atom stereocenters. The fraction of sp³-hybridized carbons (Fsp3) is 0.333. The minimum Gasteiger partial charge on any atom is -0.345 e. The Balaban J connectivity index is 1.60. The fourth-order valence-electron chi connectivity index (χ4n) is 1.86. The van der Waals surface area contributed by atoms with Gasteiger partial charge in [0, 0.05) is 17.1 Å². The van der Waals surface area contributed by atoms with E-state index in [4.69, 9.17) is 0 Å². The number of carbonyl (C=O) groups excluding carboxylic acids is 1. The molecule has 2 aromatic rings. The Morgan fingerprint density at radius 1 is 1.30 bits per heavy atom. The molecule has 0 atom stereocenters. The van der Waals surface area contributed by atoms with Gasteiger partial charge in [0.25, 0.3) is 5.91 Å². The third-order valence-electron chi connectivity index (χ3n) is 2.86. The van der Waals surface area contributed by atoms with Crippen molar-refractivity contribution in [1.29, 1.82) is 0 Å². The molecule has 1 aliphatic rings. The zero-order valence-corrected chi connectivity index (χ0v) is 12.2. The van der Waals surface area contributed by atoms with Crippen molar-refractivity contribution in [3.63, 3.8) is 0 Å². The summed E-state index contributed by atoms with van der Waals surface area (Å²) in [4.78, 5) is 12.0. The Kier molecular flexibility index (Phi) is 4.22. The lowest BCUT2D eigenvalue weighted by Gasteiger charge is -2.09. The molecule has 1 aromatic heterocycles. The van der Waals surface area contributed by atoms with Crippen LogP contribution in [0, 0.1) is 0 Å². The van der Waals surface area contributed by atoms with E-state index in [1.807, 2.05) is 47.8 Å². The second kappa shape index (κ2) is 6.27. The number of hydrogen-bond donors (Lipinski definition) is 2. The van der Waals surface area contributed by atoms with Crippen LogP contribution in [0.25, 0.3) is 0 Å². The molecule has 8 heteroatoms. The summed E-state index contributed by atoms with van der Waals surface area (Å²) in [5.74, 6) is 2.73. The minimum absolute atomic E-state index is 0.131. The van der Waals surface area contributed by atoms with Crippen LogP contribution in [0.5, 0.6) is 0 Å². The molecule has 1 aliphatic heterocycles. The van der Waals surface area contributed by atoms with Crippen LogP contribution in [0.2, 0.25) is 0 Å². The number of aromatic nitrogens is 4. The lowest BCUT2D eigenvalue weighted by molar-refractivity contribution is 0.0950. The van der Waals surface area contributed by atoms with Crippen LogP contribution in [0.3, 0.4) is 0 Å². The molecule has 0 bridgehead atoms. The van der Waals surface area contributed by atoms with Gasteiger partial charge in [0.15, 0.2) is 5.82 Å². The largest absolute Gasteiger partial charge is 0.345 e. The topological polar surface area (TPSA) is 83.6 Å². The van der Waals surface area contributed by atoms with Crippen LogP contribution in [-0.2, 0) is 6.54 Å². The Morgan fingerprint density at radius 2 is 2.05 bits per heavy atom. The third-order valence-corrected chi connectivity index (χ3v) is 5.97. The molecule has 1 amide bonds. The van der Waals surface area contributed by atoms with Crippen molar-refractivity contribution in [2.45, 2.75) is 11.1 Å². The number of nitrogens with one attached hydrogen (secondary N) is 2. The highest BCUT2D eigenvalue weighted by molar-refractivity contribution is 8.19. The third kappa shape index (κ3) is 3.13. The quantitative estimate of drug-likeness (QED) is 0.893. The average molecular weight is 307 g/mol. The molecule has 1 saturated heterocycles. The monoisotopic (exact) mass is 307 g/mol. The maximum atomic E-state index is 12.0. The van der Waals surface area contributed by atoms with Gasteiger partial charge in [-0.1, -0.05) is 17.3 Å². The standard InChI is InChI=1S/C12H13N5OS2/c18-11(13-7-10-14-16-17-15-10)8-1-3-9(4-2-8)12-19-5-6-20-12/h1-4,12H,5-7H2,(H,13,18)(H,14,15,16,17). The molecule has 1 aromatic carbocycles. The van der Waals surface area contributed by atoms with E-state index in [-0.39, 0.29) is 12.5 Å². The number of carbonyl (C=O) groups is 1. The van der Waals surface area contributed by atoms with Crippen LogP contribution in [-0.4, -0.2) is 38.0 Å². The first-order valence-corrected chi connectivity index (χ1v) is 8.26. The number of H-pyrrole nitrogens is 1. The van der Waals surface area contributed by atoms with E-state index in [1.165, 1.54) is 17.1 Å². The van der Waals surface area contributed by atoms with Crippen molar-refractivity contribution in [3.8, 4) is 0 Å². The molecule has 1 fully saturated rings. The number of tetrazole rings is 1.